The van der Waals surface area contributed by atoms with Crippen molar-refractivity contribution in [3.63, 3.8) is 0 Å². The molecular formula is C63H100O5. The topological polar surface area (TPSA) is 61.8 Å². The Morgan fingerprint density at radius 2 is 0.618 bits per heavy atom. The first-order valence-electron chi connectivity index (χ1n) is 27.4. The smallest absolute Gasteiger partial charge is 0.306 e. The fraction of sp³-hybridized carbons (Fsp3) is 0.587. The predicted octanol–water partition coefficient (Wildman–Crippen LogP) is 18.9. The van der Waals surface area contributed by atoms with Gasteiger partial charge in [-0.25, -0.2) is 0 Å². The molecule has 0 spiro atoms. The van der Waals surface area contributed by atoms with E-state index in [9.17, 15) is 9.59 Å². The van der Waals surface area contributed by atoms with Crippen LogP contribution in [0.1, 0.15) is 213 Å². The van der Waals surface area contributed by atoms with E-state index in [4.69, 9.17) is 14.2 Å². The van der Waals surface area contributed by atoms with Crippen LogP contribution in [0.25, 0.3) is 0 Å². The fourth-order valence-electron chi connectivity index (χ4n) is 6.89. The molecule has 68 heavy (non-hydrogen) atoms. The third-order valence-corrected chi connectivity index (χ3v) is 10.9. The van der Waals surface area contributed by atoms with Crippen molar-refractivity contribution in [2.24, 2.45) is 0 Å². The van der Waals surface area contributed by atoms with E-state index in [1.165, 1.54) is 12.8 Å². The van der Waals surface area contributed by atoms with Gasteiger partial charge in [0.2, 0.25) is 0 Å². The second kappa shape index (κ2) is 57.1. The highest BCUT2D eigenvalue weighted by atomic mass is 16.6. The molecule has 0 rings (SSSR count). The van der Waals surface area contributed by atoms with Crippen molar-refractivity contribution in [3.05, 3.63) is 146 Å². The van der Waals surface area contributed by atoms with Gasteiger partial charge in [0.05, 0.1) is 6.61 Å². The van der Waals surface area contributed by atoms with Crippen LogP contribution in [-0.2, 0) is 23.8 Å². The maximum Gasteiger partial charge on any atom is 0.306 e. The third-order valence-electron chi connectivity index (χ3n) is 10.9. The Kier molecular flexibility index (Phi) is 53.6. The maximum atomic E-state index is 12.8. The zero-order chi connectivity index (χ0) is 49.2. The number of rotatable bonds is 48. The van der Waals surface area contributed by atoms with E-state index in [1.807, 2.05) is 0 Å². The molecule has 0 radical (unpaired) electrons. The van der Waals surface area contributed by atoms with Crippen LogP contribution in [0.15, 0.2) is 146 Å². The van der Waals surface area contributed by atoms with Gasteiger partial charge in [-0.2, -0.15) is 0 Å². The van der Waals surface area contributed by atoms with E-state index in [0.717, 1.165) is 167 Å². The molecule has 0 fully saturated rings. The zero-order valence-corrected chi connectivity index (χ0v) is 43.8. The third kappa shape index (κ3) is 54.4. The average molecular weight is 937 g/mol. The second-order valence-corrected chi connectivity index (χ2v) is 17.3. The molecule has 0 N–H and O–H groups in total. The summed E-state index contributed by atoms with van der Waals surface area (Å²) in [6.07, 6.45) is 82.9. The number of hydrogen-bond donors (Lipinski definition) is 0. The molecule has 0 aliphatic heterocycles. The number of carbonyl (C=O) groups is 2. The molecule has 0 aromatic carbocycles. The first-order chi connectivity index (χ1) is 33.6. The van der Waals surface area contributed by atoms with Crippen molar-refractivity contribution in [1.82, 2.24) is 0 Å². The first-order valence-corrected chi connectivity index (χ1v) is 27.4. The summed E-state index contributed by atoms with van der Waals surface area (Å²) in [7, 11) is 0. The molecule has 0 aliphatic carbocycles. The van der Waals surface area contributed by atoms with Gasteiger partial charge < -0.3 is 14.2 Å². The Morgan fingerprint density at radius 1 is 0.324 bits per heavy atom. The lowest BCUT2D eigenvalue weighted by Gasteiger charge is -2.18. The van der Waals surface area contributed by atoms with Gasteiger partial charge in [-0.3, -0.25) is 9.59 Å². The van der Waals surface area contributed by atoms with E-state index in [2.05, 4.69) is 167 Å². The van der Waals surface area contributed by atoms with Crippen LogP contribution in [0.3, 0.4) is 0 Å². The van der Waals surface area contributed by atoms with Crippen LogP contribution in [0.2, 0.25) is 0 Å². The average Bonchev–Trinajstić information content (AvgIpc) is 3.34. The van der Waals surface area contributed by atoms with Crippen molar-refractivity contribution in [3.8, 4) is 0 Å². The molecule has 0 aromatic heterocycles. The Balaban J connectivity index is 4.44. The highest BCUT2D eigenvalue weighted by Gasteiger charge is 2.17. The van der Waals surface area contributed by atoms with Gasteiger partial charge in [-0.05, 0) is 135 Å². The largest absolute Gasteiger partial charge is 0.462 e. The lowest BCUT2D eigenvalue weighted by Crippen LogP contribution is -2.30. The lowest BCUT2D eigenvalue weighted by atomic mass is 10.1. The van der Waals surface area contributed by atoms with Gasteiger partial charge in [-0.15, -0.1) is 0 Å². The molecule has 1 unspecified atom stereocenters. The van der Waals surface area contributed by atoms with Crippen molar-refractivity contribution >= 4 is 11.9 Å². The zero-order valence-electron chi connectivity index (χ0n) is 43.8. The molecule has 0 amide bonds. The summed E-state index contributed by atoms with van der Waals surface area (Å²) in [6.45, 7) is 7.37. The minimum Gasteiger partial charge on any atom is -0.462 e. The second-order valence-electron chi connectivity index (χ2n) is 17.3. The highest BCUT2D eigenvalue weighted by Crippen LogP contribution is 2.12. The number of ether oxygens (including phenoxy) is 3. The monoisotopic (exact) mass is 937 g/mol. The van der Waals surface area contributed by atoms with Crippen LogP contribution in [0.5, 0.6) is 0 Å². The molecule has 0 saturated carbocycles. The highest BCUT2D eigenvalue weighted by molar-refractivity contribution is 5.70. The van der Waals surface area contributed by atoms with Crippen molar-refractivity contribution in [2.75, 3.05) is 19.8 Å². The summed E-state index contributed by atoms with van der Waals surface area (Å²) in [5.74, 6) is -0.470. The van der Waals surface area contributed by atoms with Gasteiger partial charge in [0.1, 0.15) is 6.61 Å². The quantitative estimate of drug-likeness (QED) is 0.0346. The lowest BCUT2D eigenvalue weighted by molar-refractivity contribution is -0.163. The van der Waals surface area contributed by atoms with Crippen LogP contribution in [-0.4, -0.2) is 37.9 Å². The van der Waals surface area contributed by atoms with Crippen molar-refractivity contribution < 1.29 is 23.8 Å². The summed E-state index contributed by atoms with van der Waals surface area (Å²) in [5, 5.41) is 0. The van der Waals surface area contributed by atoms with Gasteiger partial charge in [-0.1, -0.05) is 212 Å². The Labute approximate surface area is 419 Å². The van der Waals surface area contributed by atoms with Crippen LogP contribution < -0.4 is 0 Å². The number of allylic oxidation sites excluding steroid dienone is 24. The van der Waals surface area contributed by atoms with E-state index < -0.39 is 6.10 Å². The molecule has 5 heteroatoms. The summed E-state index contributed by atoms with van der Waals surface area (Å²) >= 11 is 0. The van der Waals surface area contributed by atoms with Crippen LogP contribution >= 0.6 is 0 Å². The Hall–Kier alpha value is -4.22. The predicted molar refractivity (Wildman–Crippen MR) is 297 cm³/mol. The minimum absolute atomic E-state index is 0.0445. The van der Waals surface area contributed by atoms with Crippen LogP contribution in [0, 0.1) is 0 Å². The van der Waals surface area contributed by atoms with Gasteiger partial charge >= 0.3 is 11.9 Å². The fourth-order valence-corrected chi connectivity index (χ4v) is 6.89. The van der Waals surface area contributed by atoms with Gasteiger partial charge in [0.15, 0.2) is 6.10 Å². The number of unbranched alkanes of at least 4 members (excludes halogenated alkanes) is 13. The normalized spacial score (nSPS) is 13.4. The van der Waals surface area contributed by atoms with Crippen molar-refractivity contribution in [2.45, 2.75) is 219 Å². The molecule has 0 heterocycles. The summed E-state index contributed by atoms with van der Waals surface area (Å²) in [4.78, 5) is 25.5. The molecular weight excluding hydrogens is 837 g/mol. The van der Waals surface area contributed by atoms with Gasteiger partial charge in [0.25, 0.3) is 0 Å². The molecule has 0 aliphatic rings. The van der Waals surface area contributed by atoms with E-state index in [1.54, 1.807) is 0 Å². The molecule has 0 saturated heterocycles. The van der Waals surface area contributed by atoms with Crippen molar-refractivity contribution in [1.29, 1.82) is 0 Å². The summed E-state index contributed by atoms with van der Waals surface area (Å²) in [5.41, 5.74) is 0. The van der Waals surface area contributed by atoms with Crippen LogP contribution in [0.4, 0.5) is 0 Å². The number of hydrogen-bond acceptors (Lipinski definition) is 5. The van der Waals surface area contributed by atoms with E-state index in [0.29, 0.717) is 19.4 Å². The molecule has 5 nitrogen and oxygen atoms in total. The molecule has 0 bridgehead atoms. The Morgan fingerprint density at radius 3 is 0.985 bits per heavy atom. The van der Waals surface area contributed by atoms with Gasteiger partial charge in [0, 0.05) is 19.4 Å². The minimum atomic E-state index is -0.581. The Bertz CT molecular complexity index is 1480. The first kappa shape index (κ1) is 63.8. The molecule has 382 valence electrons. The number of carbonyl (C=O) groups excluding carboxylic acids is 2. The standard InChI is InChI=1S/C63H100O5/c1-4-7-10-13-16-19-22-25-28-30-31-32-34-37-40-43-46-49-52-55-58-66-59-61(68-63(65)57-54-51-48-45-42-39-35-27-24-21-18-15-12-9-6-3)60-67-62(64)56-53-50-47-44-41-38-36-33-29-26-23-20-17-14-11-8-5-2/h7-12,16-21,25-29,31-32,35-38,40,61H,4-6,13-15,22-24,30,33-34,39,41-60H2,1-3H3/b10-7-,11-8-,12-9-,19-16-,20-17-,21-18-,28-25-,29-26-,32-31-,35-27-,38-36-,40-37-. The SMILES string of the molecule is CC/C=C\C/C=C\C/C=C\C/C=C\C/C=C\CCCCCCOCC(COC(=O)CCCCCC/C=C\C/C=C\C/C=C\C/C=C\CC)OC(=O)CCCCCCC/C=C\C/C=C\C/C=C\CC. The summed E-state index contributed by atoms with van der Waals surface area (Å²) in [6, 6.07) is 0. The molecule has 0 aromatic rings. The summed E-state index contributed by atoms with van der Waals surface area (Å²) < 4.78 is 17.4. The number of esters is 2. The maximum absolute atomic E-state index is 12.8. The van der Waals surface area contributed by atoms with E-state index >= 15 is 0 Å². The van der Waals surface area contributed by atoms with E-state index in [-0.39, 0.29) is 25.2 Å². The molecule has 1 atom stereocenters.